The number of nitrogens with one attached hydrogen (secondary N) is 1. The van der Waals surface area contributed by atoms with Crippen LogP contribution in [0.15, 0.2) is 35.3 Å². The van der Waals surface area contributed by atoms with Crippen molar-refractivity contribution in [1.82, 2.24) is 10.2 Å². The van der Waals surface area contributed by atoms with Crippen LogP contribution in [0.3, 0.4) is 0 Å². The molecule has 1 saturated heterocycles. The number of hydrogen-bond donors (Lipinski definition) is 1. The number of benzene rings is 1. The van der Waals surface area contributed by atoms with Gasteiger partial charge in [-0.3, -0.25) is 9.79 Å². The minimum absolute atomic E-state index is 0.00703. The lowest BCUT2D eigenvalue weighted by molar-refractivity contribution is -0.125. The largest absolute Gasteiger partial charge is 0.335 e. The average molecular weight is 452 g/mol. The molecule has 1 N–H and O–H groups in total. The number of ketones is 1. The second-order valence-corrected chi connectivity index (χ2v) is 10.8. The SMILES string of the molecule is CCCC1C(=O)C[C@@](C)(C2CCCN(C(=O)N[C@@H]3C[C@H]3c3ccccc3)C2)CCCC1=NC. The standard InChI is InChI=1S/C28H41N3O2/c1-4-10-22-24(29-3)14-8-15-28(2,18-26(22)32)21-13-9-16-31(19-21)27(33)30-25-17-23(25)20-11-6-5-7-12-20/h5-7,11-12,21-23,25H,4,8-10,13-19H2,1-3H3,(H,30,33)/t21?,22?,23-,25+,28-/m0/s1. The van der Waals surface area contributed by atoms with E-state index in [-0.39, 0.29) is 23.4 Å². The Bertz CT molecular complexity index is 867. The van der Waals surface area contributed by atoms with Gasteiger partial charge in [-0.25, -0.2) is 4.79 Å². The molecule has 5 atom stereocenters. The van der Waals surface area contributed by atoms with E-state index in [4.69, 9.17) is 0 Å². The van der Waals surface area contributed by atoms with E-state index in [9.17, 15) is 9.59 Å². The lowest BCUT2D eigenvalue weighted by Crippen LogP contribution is -2.50. The Kier molecular flexibility index (Phi) is 7.55. The second-order valence-electron chi connectivity index (χ2n) is 10.8. The number of likely N-dealkylation sites (tertiary alicyclic amines) is 1. The van der Waals surface area contributed by atoms with Crippen LogP contribution in [0.1, 0.15) is 83.1 Å². The van der Waals surface area contributed by atoms with Crippen LogP contribution in [0.4, 0.5) is 4.79 Å². The molecular formula is C28H41N3O2. The first-order valence-corrected chi connectivity index (χ1v) is 13.0. The van der Waals surface area contributed by atoms with E-state index < -0.39 is 0 Å². The predicted molar refractivity (Wildman–Crippen MR) is 134 cm³/mol. The van der Waals surface area contributed by atoms with Gasteiger partial charge in [0, 0.05) is 44.2 Å². The van der Waals surface area contributed by atoms with Crippen molar-refractivity contribution < 1.29 is 9.59 Å². The lowest BCUT2D eigenvalue weighted by atomic mass is 9.64. The highest BCUT2D eigenvalue weighted by atomic mass is 16.2. The third-order valence-corrected chi connectivity index (χ3v) is 8.44. The predicted octanol–water partition coefficient (Wildman–Crippen LogP) is 5.60. The quantitative estimate of drug-likeness (QED) is 0.633. The van der Waals surface area contributed by atoms with Crippen LogP contribution < -0.4 is 5.32 Å². The molecule has 0 aromatic heterocycles. The zero-order valence-electron chi connectivity index (χ0n) is 20.7. The fourth-order valence-corrected chi connectivity index (χ4v) is 6.28. The summed E-state index contributed by atoms with van der Waals surface area (Å²) in [5.74, 6) is 1.19. The summed E-state index contributed by atoms with van der Waals surface area (Å²) in [6.45, 7) is 6.05. The number of nitrogens with zero attached hydrogens (tertiary/aromatic N) is 2. The molecule has 2 amide bonds. The van der Waals surface area contributed by atoms with E-state index in [1.54, 1.807) is 0 Å². The average Bonchev–Trinajstić information content (AvgIpc) is 3.59. The third kappa shape index (κ3) is 5.50. The highest BCUT2D eigenvalue weighted by molar-refractivity contribution is 6.05. The van der Waals surface area contributed by atoms with Crippen LogP contribution in [0.2, 0.25) is 0 Å². The van der Waals surface area contributed by atoms with Crippen molar-refractivity contribution in [2.24, 2.45) is 22.2 Å². The van der Waals surface area contributed by atoms with Gasteiger partial charge in [-0.05, 0) is 61.8 Å². The fraction of sp³-hybridized carbons (Fsp3) is 0.679. The van der Waals surface area contributed by atoms with Gasteiger partial charge in [-0.15, -0.1) is 0 Å². The molecule has 1 aliphatic heterocycles. The van der Waals surface area contributed by atoms with Crippen molar-refractivity contribution in [1.29, 1.82) is 0 Å². The molecule has 2 unspecified atom stereocenters. The molecule has 5 nitrogen and oxygen atoms in total. The van der Waals surface area contributed by atoms with E-state index in [0.29, 0.717) is 24.0 Å². The van der Waals surface area contributed by atoms with E-state index in [1.807, 2.05) is 18.0 Å². The molecule has 180 valence electrons. The summed E-state index contributed by atoms with van der Waals surface area (Å²) in [5, 5.41) is 3.28. The van der Waals surface area contributed by atoms with Crippen LogP contribution in [-0.4, -0.2) is 48.6 Å². The number of rotatable bonds is 5. The van der Waals surface area contributed by atoms with Crippen molar-refractivity contribution in [3.63, 3.8) is 0 Å². The Morgan fingerprint density at radius 3 is 2.76 bits per heavy atom. The Balaban J connectivity index is 1.38. The monoisotopic (exact) mass is 451 g/mol. The zero-order chi connectivity index (χ0) is 23.4. The van der Waals surface area contributed by atoms with Gasteiger partial charge in [0.05, 0.1) is 5.92 Å². The Hall–Kier alpha value is -2.17. The number of urea groups is 1. The Labute approximate surface area is 199 Å². The summed E-state index contributed by atoms with van der Waals surface area (Å²) >= 11 is 0. The number of carbonyl (C=O) groups excluding carboxylic acids is 2. The summed E-state index contributed by atoms with van der Waals surface area (Å²) in [4.78, 5) is 33.0. The van der Waals surface area contributed by atoms with Gasteiger partial charge in [0.15, 0.2) is 0 Å². The van der Waals surface area contributed by atoms with Crippen molar-refractivity contribution >= 4 is 17.5 Å². The number of amides is 2. The van der Waals surface area contributed by atoms with E-state index in [0.717, 1.165) is 70.2 Å². The number of piperidine rings is 1. The highest BCUT2D eigenvalue weighted by Gasteiger charge is 2.44. The Morgan fingerprint density at radius 1 is 1.24 bits per heavy atom. The van der Waals surface area contributed by atoms with Gasteiger partial charge in [-0.2, -0.15) is 0 Å². The molecule has 0 radical (unpaired) electrons. The van der Waals surface area contributed by atoms with Crippen LogP contribution >= 0.6 is 0 Å². The van der Waals surface area contributed by atoms with E-state index in [2.05, 4.69) is 48.4 Å². The maximum absolute atomic E-state index is 13.4. The molecule has 1 aromatic carbocycles. The van der Waals surface area contributed by atoms with Gasteiger partial charge >= 0.3 is 6.03 Å². The number of hydrogen-bond acceptors (Lipinski definition) is 3. The first-order valence-electron chi connectivity index (χ1n) is 13.0. The third-order valence-electron chi connectivity index (χ3n) is 8.44. The van der Waals surface area contributed by atoms with Crippen LogP contribution in [0.5, 0.6) is 0 Å². The van der Waals surface area contributed by atoms with E-state index in [1.165, 1.54) is 5.56 Å². The summed E-state index contributed by atoms with van der Waals surface area (Å²) < 4.78 is 0. The first-order chi connectivity index (χ1) is 15.9. The second kappa shape index (κ2) is 10.4. The maximum Gasteiger partial charge on any atom is 0.317 e. The van der Waals surface area contributed by atoms with Gasteiger partial charge in [0.25, 0.3) is 0 Å². The molecular weight excluding hydrogens is 410 g/mol. The molecule has 1 heterocycles. The zero-order valence-corrected chi connectivity index (χ0v) is 20.7. The Morgan fingerprint density at radius 2 is 2.03 bits per heavy atom. The number of aliphatic imine (C=N–C) groups is 1. The van der Waals surface area contributed by atoms with Crippen molar-refractivity contribution in [2.75, 3.05) is 20.1 Å². The molecule has 2 aliphatic carbocycles. The van der Waals surface area contributed by atoms with Crippen molar-refractivity contribution in [3.8, 4) is 0 Å². The molecule has 1 aromatic rings. The van der Waals surface area contributed by atoms with Crippen LogP contribution in [0.25, 0.3) is 0 Å². The summed E-state index contributed by atoms with van der Waals surface area (Å²) in [6.07, 6.45) is 8.75. The minimum atomic E-state index is -0.0343. The molecule has 4 rings (SSSR count). The maximum atomic E-state index is 13.4. The van der Waals surface area contributed by atoms with Crippen LogP contribution in [0, 0.1) is 17.3 Å². The smallest absolute Gasteiger partial charge is 0.317 e. The van der Waals surface area contributed by atoms with Gasteiger partial charge in [0.1, 0.15) is 5.78 Å². The molecule has 0 bridgehead atoms. The molecule has 3 aliphatic rings. The van der Waals surface area contributed by atoms with Gasteiger partial charge in [-0.1, -0.05) is 50.6 Å². The fourth-order valence-electron chi connectivity index (χ4n) is 6.28. The summed E-state index contributed by atoms with van der Waals surface area (Å²) in [7, 11) is 1.84. The van der Waals surface area contributed by atoms with Gasteiger partial charge < -0.3 is 10.2 Å². The summed E-state index contributed by atoms with van der Waals surface area (Å²) in [6, 6.07) is 10.8. The molecule has 5 heteroatoms. The van der Waals surface area contributed by atoms with Gasteiger partial charge in [0.2, 0.25) is 0 Å². The number of carbonyl (C=O) groups is 2. The van der Waals surface area contributed by atoms with Crippen LogP contribution in [-0.2, 0) is 4.79 Å². The van der Waals surface area contributed by atoms with Crippen molar-refractivity contribution in [2.45, 2.75) is 83.6 Å². The molecule has 33 heavy (non-hydrogen) atoms. The highest BCUT2D eigenvalue weighted by Crippen LogP contribution is 2.45. The topological polar surface area (TPSA) is 61.8 Å². The van der Waals surface area contributed by atoms with E-state index >= 15 is 0 Å². The minimum Gasteiger partial charge on any atom is -0.335 e. The molecule has 0 spiro atoms. The molecule has 3 fully saturated rings. The van der Waals surface area contributed by atoms with Crippen molar-refractivity contribution in [3.05, 3.63) is 35.9 Å². The normalized spacial score (nSPS) is 34.0. The number of Topliss-reactive ketones (excluding diaryl/α,β-unsaturated/α-hetero) is 1. The lowest BCUT2D eigenvalue weighted by Gasteiger charge is -2.45. The summed E-state index contributed by atoms with van der Waals surface area (Å²) in [5.41, 5.74) is 2.38. The first kappa shape index (κ1) is 24.0. The molecule has 2 saturated carbocycles.